The van der Waals surface area contributed by atoms with Gasteiger partial charge in [0.2, 0.25) is 0 Å². The summed E-state index contributed by atoms with van der Waals surface area (Å²) in [5, 5.41) is 10.2. The molecule has 0 atom stereocenters. The van der Waals surface area contributed by atoms with Crippen molar-refractivity contribution in [2.24, 2.45) is 5.73 Å². The van der Waals surface area contributed by atoms with Gasteiger partial charge in [0.1, 0.15) is 29.0 Å². The van der Waals surface area contributed by atoms with Crippen molar-refractivity contribution < 1.29 is 13.5 Å². The lowest BCUT2D eigenvalue weighted by Crippen LogP contribution is -1.99. The van der Waals surface area contributed by atoms with Gasteiger partial charge in [-0.1, -0.05) is 0 Å². The molecule has 0 unspecified atom stereocenters. The predicted molar refractivity (Wildman–Crippen MR) is 111 cm³/mol. The Hall–Kier alpha value is -3.38. The van der Waals surface area contributed by atoms with Gasteiger partial charge in [-0.2, -0.15) is 17.0 Å². The molecule has 3 N–H and O–H groups in total. The fourth-order valence-corrected chi connectivity index (χ4v) is 3.04. The second kappa shape index (κ2) is 10.8. The van der Waals surface area contributed by atoms with E-state index in [0.717, 1.165) is 17.5 Å². The van der Waals surface area contributed by atoms with Crippen LogP contribution in [-0.4, -0.2) is 23.3 Å². The van der Waals surface area contributed by atoms with Crippen LogP contribution in [0, 0.1) is 23.1 Å². The molecule has 2 heterocycles. The number of halogens is 2. The number of hydrogen-bond donors (Lipinski definition) is 2. The summed E-state index contributed by atoms with van der Waals surface area (Å²) in [5.41, 5.74) is 5.98. The predicted octanol–water partition coefficient (Wildman–Crippen LogP) is 4.46. The maximum Gasteiger partial charge on any atom is 0.173 e. The number of methoxy groups -OCH3 is 1. The van der Waals surface area contributed by atoms with Crippen LogP contribution in [0.15, 0.2) is 48.8 Å². The number of hydrogen-bond acceptors (Lipinski definition) is 7. The van der Waals surface area contributed by atoms with Crippen LogP contribution in [0.5, 0.6) is 5.75 Å². The van der Waals surface area contributed by atoms with E-state index in [0.29, 0.717) is 17.2 Å². The van der Waals surface area contributed by atoms with Gasteiger partial charge in [-0.25, -0.2) is 18.7 Å². The molecule has 150 valence electrons. The number of anilines is 2. The molecule has 0 fully saturated rings. The molecular weight excluding hydrogens is 396 g/mol. The largest absolute Gasteiger partial charge is 0.496 e. The van der Waals surface area contributed by atoms with Gasteiger partial charge in [0.15, 0.2) is 6.19 Å². The molecule has 0 bridgehead atoms. The van der Waals surface area contributed by atoms with E-state index >= 15 is 0 Å². The van der Waals surface area contributed by atoms with Crippen LogP contribution in [0.4, 0.5) is 20.4 Å². The quantitative estimate of drug-likeness (QED) is 0.453. The fraction of sp³-hybridized carbons (Fsp3) is 0.150. The maximum atomic E-state index is 14.3. The molecule has 6 nitrogen and oxygen atoms in total. The Morgan fingerprint density at radius 1 is 1.14 bits per heavy atom. The van der Waals surface area contributed by atoms with E-state index in [1.807, 2.05) is 18.4 Å². The standard InChI is InChI=1S/C19H17F2N3OS.CH2N2/c1-25-17-8-13(20)3-4-14(17)15-9-19(23-10-16(15)21)24-18-7-12(11-26-2)5-6-22-18;2-1-3/h3-10H,11H2,1-2H3,(H,22,23,24);2H2. The number of thioether (sulfide) groups is 1. The zero-order valence-electron chi connectivity index (χ0n) is 15.8. The van der Waals surface area contributed by atoms with Crippen molar-refractivity contribution in [2.75, 3.05) is 18.7 Å². The summed E-state index contributed by atoms with van der Waals surface area (Å²) in [6.07, 6.45) is 6.10. The number of pyridine rings is 2. The lowest BCUT2D eigenvalue weighted by molar-refractivity contribution is 0.412. The fourth-order valence-electron chi connectivity index (χ4n) is 2.53. The second-order valence-corrected chi connectivity index (χ2v) is 6.50. The molecule has 0 spiro atoms. The van der Waals surface area contributed by atoms with Crippen LogP contribution in [-0.2, 0) is 5.75 Å². The van der Waals surface area contributed by atoms with Gasteiger partial charge in [0.25, 0.3) is 0 Å². The number of benzene rings is 1. The first-order valence-corrected chi connectivity index (χ1v) is 9.71. The highest BCUT2D eigenvalue weighted by molar-refractivity contribution is 7.97. The summed E-state index contributed by atoms with van der Waals surface area (Å²) in [4.78, 5) is 8.32. The number of rotatable bonds is 6. The summed E-state index contributed by atoms with van der Waals surface area (Å²) in [5.74, 6) is 1.19. The van der Waals surface area contributed by atoms with Crippen molar-refractivity contribution in [3.05, 3.63) is 66.0 Å². The van der Waals surface area contributed by atoms with Crippen LogP contribution in [0.1, 0.15) is 5.56 Å². The Balaban J connectivity index is 0.000000941. The minimum Gasteiger partial charge on any atom is -0.496 e. The number of ether oxygens (including phenoxy) is 1. The molecule has 0 saturated carbocycles. The van der Waals surface area contributed by atoms with E-state index in [1.165, 1.54) is 31.5 Å². The molecule has 0 aliphatic heterocycles. The highest BCUT2D eigenvalue weighted by Crippen LogP contribution is 2.33. The first-order valence-electron chi connectivity index (χ1n) is 8.32. The number of nitrogens with zero attached hydrogens (tertiary/aromatic N) is 3. The van der Waals surface area contributed by atoms with Gasteiger partial charge < -0.3 is 15.8 Å². The van der Waals surface area contributed by atoms with Crippen molar-refractivity contribution in [1.29, 1.82) is 5.26 Å². The molecule has 0 saturated heterocycles. The highest BCUT2D eigenvalue weighted by atomic mass is 32.2. The van der Waals surface area contributed by atoms with E-state index in [2.05, 4.69) is 21.0 Å². The van der Waals surface area contributed by atoms with Crippen LogP contribution < -0.4 is 15.8 Å². The molecular formula is C20H19F2N5OS. The summed E-state index contributed by atoms with van der Waals surface area (Å²) >= 11 is 1.71. The number of aromatic nitrogens is 2. The Kier molecular flexibility index (Phi) is 8.18. The van der Waals surface area contributed by atoms with E-state index in [1.54, 1.807) is 24.0 Å². The van der Waals surface area contributed by atoms with Gasteiger partial charge in [-0.3, -0.25) is 0 Å². The third kappa shape index (κ3) is 6.05. The molecule has 1 aromatic carbocycles. The van der Waals surface area contributed by atoms with Crippen LogP contribution in [0.2, 0.25) is 0 Å². The monoisotopic (exact) mass is 415 g/mol. The minimum absolute atomic E-state index is 0.251. The third-order valence-corrected chi connectivity index (χ3v) is 4.32. The first-order chi connectivity index (χ1) is 14.0. The molecule has 29 heavy (non-hydrogen) atoms. The Morgan fingerprint density at radius 2 is 1.86 bits per heavy atom. The Morgan fingerprint density at radius 3 is 2.55 bits per heavy atom. The van der Waals surface area contributed by atoms with Crippen LogP contribution in [0.3, 0.4) is 0 Å². The summed E-state index contributed by atoms with van der Waals surface area (Å²) in [7, 11) is 1.41. The SMILES string of the molecule is COc1cc(F)ccc1-c1cc(Nc2cc(CSC)ccn2)ncc1F.N#CN. The smallest absolute Gasteiger partial charge is 0.173 e. The average molecular weight is 415 g/mol. The molecule has 0 amide bonds. The molecule has 3 aromatic rings. The van der Waals surface area contributed by atoms with Crippen molar-refractivity contribution in [2.45, 2.75) is 5.75 Å². The minimum atomic E-state index is -0.524. The molecule has 0 aliphatic rings. The van der Waals surface area contributed by atoms with Crippen LogP contribution in [0.25, 0.3) is 11.1 Å². The maximum absolute atomic E-state index is 14.3. The highest BCUT2D eigenvalue weighted by Gasteiger charge is 2.13. The second-order valence-electron chi connectivity index (χ2n) is 5.63. The van der Waals surface area contributed by atoms with Crippen molar-refractivity contribution >= 4 is 23.4 Å². The normalized spacial score (nSPS) is 9.76. The van der Waals surface area contributed by atoms with Gasteiger partial charge >= 0.3 is 0 Å². The molecule has 2 aromatic heterocycles. The van der Waals surface area contributed by atoms with Crippen molar-refractivity contribution in [1.82, 2.24) is 9.97 Å². The summed E-state index contributed by atoms with van der Waals surface area (Å²) < 4.78 is 32.9. The van der Waals surface area contributed by atoms with E-state index in [-0.39, 0.29) is 11.3 Å². The third-order valence-electron chi connectivity index (χ3n) is 3.70. The van der Waals surface area contributed by atoms with Gasteiger partial charge in [0, 0.05) is 29.1 Å². The number of nitrogens with one attached hydrogen (secondary N) is 1. The van der Waals surface area contributed by atoms with E-state index < -0.39 is 11.6 Å². The van der Waals surface area contributed by atoms with Gasteiger partial charge in [-0.15, -0.1) is 0 Å². The number of nitrogens with two attached hydrogens (primary N) is 1. The van der Waals surface area contributed by atoms with Crippen molar-refractivity contribution in [3.63, 3.8) is 0 Å². The van der Waals surface area contributed by atoms with Crippen LogP contribution >= 0.6 is 11.8 Å². The molecule has 3 rings (SSSR count). The van der Waals surface area contributed by atoms with Crippen molar-refractivity contribution in [3.8, 4) is 23.1 Å². The Labute approximate surface area is 171 Å². The topological polar surface area (TPSA) is 96.8 Å². The molecule has 0 aliphatic carbocycles. The number of nitriles is 1. The van der Waals surface area contributed by atoms with E-state index in [4.69, 9.17) is 10.00 Å². The zero-order chi connectivity index (χ0) is 21.2. The molecule has 0 radical (unpaired) electrons. The first kappa shape index (κ1) is 21.9. The van der Waals surface area contributed by atoms with Gasteiger partial charge in [-0.05, 0) is 42.2 Å². The molecule has 9 heteroatoms. The average Bonchev–Trinajstić information content (AvgIpc) is 2.71. The zero-order valence-corrected chi connectivity index (χ0v) is 16.6. The summed E-state index contributed by atoms with van der Waals surface area (Å²) in [6.45, 7) is 0. The summed E-state index contributed by atoms with van der Waals surface area (Å²) in [6, 6.07) is 9.37. The lowest BCUT2D eigenvalue weighted by atomic mass is 10.0. The van der Waals surface area contributed by atoms with Gasteiger partial charge in [0.05, 0.1) is 13.3 Å². The Bertz CT molecular complexity index is 1010. The lowest BCUT2D eigenvalue weighted by Gasteiger charge is -2.12. The van der Waals surface area contributed by atoms with E-state index in [9.17, 15) is 8.78 Å².